The molecule has 2 heteroatoms. The van der Waals surface area contributed by atoms with E-state index in [1.165, 1.54) is 25.7 Å². The van der Waals surface area contributed by atoms with Crippen molar-refractivity contribution in [1.82, 2.24) is 0 Å². The van der Waals surface area contributed by atoms with Crippen molar-refractivity contribution in [2.75, 3.05) is 0 Å². The second kappa shape index (κ2) is 3.08. The standard InChI is InChI=1S/C10H16NO/c11-10(12)9-6-5-7-3-1-2-4-8(7)9/h6-9H,1-5H2,(H2,11,12). The number of hydrogen-bond acceptors (Lipinski definition) is 1. The highest BCUT2D eigenvalue weighted by molar-refractivity contribution is 5.78. The number of nitrogens with two attached hydrogens (primary N) is 1. The third-order valence-corrected chi connectivity index (χ3v) is 3.45. The van der Waals surface area contributed by atoms with Crippen molar-refractivity contribution in [2.45, 2.75) is 32.1 Å². The van der Waals surface area contributed by atoms with Crippen LogP contribution in [-0.4, -0.2) is 5.91 Å². The quantitative estimate of drug-likeness (QED) is 0.630. The van der Waals surface area contributed by atoms with Crippen molar-refractivity contribution < 1.29 is 4.79 Å². The fraction of sp³-hybridized carbons (Fsp3) is 0.800. The van der Waals surface area contributed by atoms with E-state index in [0.717, 1.165) is 12.3 Å². The fourth-order valence-electron chi connectivity index (χ4n) is 2.83. The van der Waals surface area contributed by atoms with Gasteiger partial charge in [0, 0.05) is 5.92 Å². The van der Waals surface area contributed by atoms with Crippen LogP contribution in [0.3, 0.4) is 0 Å². The summed E-state index contributed by atoms with van der Waals surface area (Å²) in [6.45, 7) is 0. The Hall–Kier alpha value is -0.530. The summed E-state index contributed by atoms with van der Waals surface area (Å²) in [5.41, 5.74) is 5.33. The molecule has 0 heterocycles. The molecular formula is C10H16NO. The molecule has 0 saturated heterocycles. The third-order valence-electron chi connectivity index (χ3n) is 3.45. The molecule has 3 unspecified atom stereocenters. The van der Waals surface area contributed by atoms with Crippen LogP contribution in [0.25, 0.3) is 0 Å². The predicted octanol–water partition coefficient (Wildman–Crippen LogP) is 1.50. The Morgan fingerprint density at radius 3 is 2.83 bits per heavy atom. The lowest BCUT2D eigenvalue weighted by Crippen LogP contribution is -2.29. The van der Waals surface area contributed by atoms with Crippen molar-refractivity contribution in [3.05, 3.63) is 6.42 Å². The first-order valence-corrected chi connectivity index (χ1v) is 4.91. The molecule has 2 aliphatic carbocycles. The van der Waals surface area contributed by atoms with Crippen LogP contribution >= 0.6 is 0 Å². The minimum Gasteiger partial charge on any atom is -0.369 e. The summed E-state index contributed by atoms with van der Waals surface area (Å²) in [7, 11) is 0. The van der Waals surface area contributed by atoms with Crippen molar-refractivity contribution in [3.8, 4) is 0 Å². The predicted molar refractivity (Wildman–Crippen MR) is 47.0 cm³/mol. The van der Waals surface area contributed by atoms with E-state index in [2.05, 4.69) is 6.42 Å². The third kappa shape index (κ3) is 1.23. The number of fused-ring (bicyclic) bond motifs is 1. The van der Waals surface area contributed by atoms with E-state index >= 15 is 0 Å². The molecule has 2 rings (SSSR count). The van der Waals surface area contributed by atoms with Gasteiger partial charge in [0.05, 0.1) is 0 Å². The molecule has 0 aromatic heterocycles. The number of hydrogen-bond donors (Lipinski definition) is 1. The van der Waals surface area contributed by atoms with Crippen molar-refractivity contribution in [1.29, 1.82) is 0 Å². The highest BCUT2D eigenvalue weighted by Crippen LogP contribution is 2.44. The van der Waals surface area contributed by atoms with E-state index < -0.39 is 0 Å². The molecule has 3 atom stereocenters. The highest BCUT2D eigenvalue weighted by Gasteiger charge is 2.40. The lowest BCUT2D eigenvalue weighted by Gasteiger charge is -2.27. The topological polar surface area (TPSA) is 43.1 Å². The van der Waals surface area contributed by atoms with Gasteiger partial charge in [0.1, 0.15) is 0 Å². The van der Waals surface area contributed by atoms with Gasteiger partial charge >= 0.3 is 0 Å². The molecule has 12 heavy (non-hydrogen) atoms. The smallest absolute Gasteiger partial charge is 0.221 e. The lowest BCUT2D eigenvalue weighted by atomic mass is 9.78. The van der Waals surface area contributed by atoms with Gasteiger partial charge in [-0.2, -0.15) is 0 Å². The first kappa shape index (κ1) is 8.09. The van der Waals surface area contributed by atoms with Gasteiger partial charge in [0.2, 0.25) is 5.91 Å². The summed E-state index contributed by atoms with van der Waals surface area (Å²) >= 11 is 0. The first-order valence-electron chi connectivity index (χ1n) is 4.91. The summed E-state index contributed by atoms with van der Waals surface area (Å²) in [5, 5.41) is 0. The van der Waals surface area contributed by atoms with Crippen LogP contribution in [0.4, 0.5) is 0 Å². The fourth-order valence-corrected chi connectivity index (χ4v) is 2.83. The van der Waals surface area contributed by atoms with Gasteiger partial charge < -0.3 is 5.73 Å². The molecule has 2 aliphatic rings. The van der Waals surface area contributed by atoms with Gasteiger partial charge in [0.25, 0.3) is 0 Å². The van der Waals surface area contributed by atoms with E-state index in [1.807, 2.05) is 0 Å². The Kier molecular flexibility index (Phi) is 2.07. The maximum Gasteiger partial charge on any atom is 0.221 e. The van der Waals surface area contributed by atoms with Gasteiger partial charge in [-0.25, -0.2) is 0 Å². The molecule has 1 radical (unpaired) electrons. The second-order valence-electron chi connectivity index (χ2n) is 4.11. The van der Waals surface area contributed by atoms with Gasteiger partial charge in [-0.05, 0) is 31.1 Å². The average molecular weight is 166 g/mol. The average Bonchev–Trinajstić information content (AvgIpc) is 2.47. The van der Waals surface area contributed by atoms with Gasteiger partial charge in [-0.3, -0.25) is 4.79 Å². The molecule has 0 spiro atoms. The van der Waals surface area contributed by atoms with Crippen molar-refractivity contribution in [3.63, 3.8) is 0 Å². The highest BCUT2D eigenvalue weighted by atomic mass is 16.1. The summed E-state index contributed by atoms with van der Waals surface area (Å²) < 4.78 is 0. The van der Waals surface area contributed by atoms with Crippen LogP contribution in [0.1, 0.15) is 32.1 Å². The molecular weight excluding hydrogens is 150 g/mol. The van der Waals surface area contributed by atoms with Crippen LogP contribution < -0.4 is 5.73 Å². The normalized spacial score (nSPS) is 40.8. The summed E-state index contributed by atoms with van der Waals surface area (Å²) in [6, 6.07) is 0. The summed E-state index contributed by atoms with van der Waals surface area (Å²) in [5.74, 6) is 1.35. The van der Waals surface area contributed by atoms with E-state index in [9.17, 15) is 4.79 Å². The van der Waals surface area contributed by atoms with E-state index in [0.29, 0.717) is 5.92 Å². The van der Waals surface area contributed by atoms with Crippen LogP contribution in [0.5, 0.6) is 0 Å². The van der Waals surface area contributed by atoms with Crippen molar-refractivity contribution in [2.24, 2.45) is 23.5 Å². The molecule has 1 amide bonds. The van der Waals surface area contributed by atoms with Crippen LogP contribution in [0.2, 0.25) is 0 Å². The number of rotatable bonds is 1. The molecule has 2 fully saturated rings. The molecule has 2 N–H and O–H groups in total. The number of carbonyl (C=O) groups excluding carboxylic acids is 1. The molecule has 0 aliphatic heterocycles. The Labute approximate surface area is 73.5 Å². The molecule has 2 saturated carbocycles. The van der Waals surface area contributed by atoms with Crippen LogP contribution in [0.15, 0.2) is 0 Å². The second-order valence-corrected chi connectivity index (χ2v) is 4.11. The van der Waals surface area contributed by atoms with Crippen LogP contribution in [0, 0.1) is 24.2 Å². The summed E-state index contributed by atoms with van der Waals surface area (Å²) in [6.07, 6.45) is 8.43. The minimum atomic E-state index is -0.107. The zero-order valence-electron chi connectivity index (χ0n) is 7.33. The Balaban J connectivity index is 2.05. The zero-order chi connectivity index (χ0) is 8.55. The van der Waals surface area contributed by atoms with Gasteiger partial charge in [-0.15, -0.1) is 0 Å². The number of amides is 1. The lowest BCUT2D eigenvalue weighted by molar-refractivity contribution is -0.122. The number of primary amides is 1. The maximum atomic E-state index is 11.0. The van der Waals surface area contributed by atoms with Crippen LogP contribution in [-0.2, 0) is 4.79 Å². The molecule has 0 aromatic rings. The van der Waals surface area contributed by atoms with E-state index in [4.69, 9.17) is 5.73 Å². The molecule has 0 bridgehead atoms. The maximum absolute atomic E-state index is 11.0. The zero-order valence-corrected chi connectivity index (χ0v) is 7.33. The monoisotopic (exact) mass is 166 g/mol. The van der Waals surface area contributed by atoms with Gasteiger partial charge in [-0.1, -0.05) is 19.3 Å². The summed E-state index contributed by atoms with van der Waals surface area (Å²) in [4.78, 5) is 11.0. The minimum absolute atomic E-state index is 0.0929. The SMILES string of the molecule is NC(=O)C1[CH]CC2CCCCC21. The number of carbonyl (C=O) groups is 1. The van der Waals surface area contributed by atoms with Crippen molar-refractivity contribution >= 4 is 5.91 Å². The molecule has 67 valence electrons. The molecule has 2 nitrogen and oxygen atoms in total. The largest absolute Gasteiger partial charge is 0.369 e. The van der Waals surface area contributed by atoms with Gasteiger partial charge in [0.15, 0.2) is 0 Å². The van der Waals surface area contributed by atoms with E-state index in [-0.39, 0.29) is 11.8 Å². The van der Waals surface area contributed by atoms with E-state index in [1.54, 1.807) is 0 Å². The Morgan fingerprint density at radius 1 is 1.33 bits per heavy atom. The Morgan fingerprint density at radius 2 is 2.08 bits per heavy atom. The first-order chi connectivity index (χ1) is 5.79. The molecule has 0 aromatic carbocycles. The Bertz CT molecular complexity index is 190.